The quantitative estimate of drug-likeness (QED) is 0.830. The van der Waals surface area contributed by atoms with E-state index in [9.17, 15) is 4.79 Å². The molecule has 2 heterocycles. The Labute approximate surface area is 132 Å². The third-order valence-corrected chi connectivity index (χ3v) is 4.88. The average molecular weight is 319 g/mol. The smallest absolute Gasteiger partial charge is 0.261 e. The van der Waals surface area contributed by atoms with Gasteiger partial charge in [-0.2, -0.15) is 0 Å². The molecule has 110 valence electrons. The predicted molar refractivity (Wildman–Crippen MR) is 87.7 cm³/mol. The molecule has 0 aliphatic heterocycles. The maximum atomic E-state index is 12.3. The van der Waals surface area contributed by atoms with Crippen molar-refractivity contribution in [3.63, 3.8) is 0 Å². The molecule has 0 spiro atoms. The van der Waals surface area contributed by atoms with Crippen LogP contribution >= 0.6 is 22.7 Å². The number of amides is 1. The molecule has 0 fully saturated rings. The lowest BCUT2D eigenvalue weighted by Gasteiger charge is -2.16. The van der Waals surface area contributed by atoms with E-state index in [0.717, 1.165) is 17.7 Å². The summed E-state index contributed by atoms with van der Waals surface area (Å²) in [6, 6.07) is 7.71. The predicted octanol–water partition coefficient (Wildman–Crippen LogP) is 3.42. The van der Waals surface area contributed by atoms with Crippen LogP contribution in [-0.4, -0.2) is 17.6 Å². The van der Waals surface area contributed by atoms with Crippen molar-refractivity contribution in [3.05, 3.63) is 44.3 Å². The van der Waals surface area contributed by atoms with Gasteiger partial charge in [-0.05, 0) is 30.0 Å². The van der Waals surface area contributed by atoms with E-state index in [4.69, 9.17) is 5.11 Å². The number of hydrogen-bond donors (Lipinski definition) is 2. The van der Waals surface area contributed by atoms with Gasteiger partial charge in [0.05, 0.1) is 15.8 Å². The van der Waals surface area contributed by atoms with Gasteiger partial charge in [0, 0.05) is 4.88 Å². The summed E-state index contributed by atoms with van der Waals surface area (Å²) in [4.78, 5) is 14.9. The van der Waals surface area contributed by atoms with Gasteiger partial charge >= 0.3 is 0 Å². The van der Waals surface area contributed by atoms with E-state index < -0.39 is 0 Å². The first-order valence-corrected chi connectivity index (χ1v) is 8.48. The normalized spacial score (nSPS) is 11.5. The molecule has 0 saturated carbocycles. The minimum Gasteiger partial charge on any atom is -0.384 e. The fraction of sp³-hybridized carbons (Fsp3) is 0.312. The number of thiophene rings is 2. The lowest BCUT2D eigenvalue weighted by Crippen LogP contribution is -2.27. The Hall–Kier alpha value is -1.61. The van der Waals surface area contributed by atoms with Gasteiger partial charge in [-0.15, -0.1) is 22.7 Å². The van der Waals surface area contributed by atoms with Gasteiger partial charge < -0.3 is 10.4 Å². The molecule has 2 aromatic rings. The monoisotopic (exact) mass is 319 g/mol. The molecule has 0 bridgehead atoms. The largest absolute Gasteiger partial charge is 0.384 e. The van der Waals surface area contributed by atoms with Gasteiger partial charge in [-0.1, -0.05) is 31.3 Å². The molecule has 1 unspecified atom stereocenters. The Morgan fingerprint density at radius 3 is 2.95 bits per heavy atom. The van der Waals surface area contributed by atoms with Crippen molar-refractivity contribution in [2.45, 2.75) is 25.8 Å². The standard InChI is InChI=1S/C16H17NO2S2/c1-2-5-13(14-7-4-11-20-14)17-16(19)15-9-8-12(21-15)6-3-10-18/h4,7-9,11,13,18H,2,5,10H2,1H3,(H,17,19). The summed E-state index contributed by atoms with van der Waals surface area (Å²) in [5, 5.41) is 13.8. The second-order valence-corrected chi connectivity index (χ2v) is 6.52. The summed E-state index contributed by atoms with van der Waals surface area (Å²) < 4.78 is 0. The molecule has 21 heavy (non-hydrogen) atoms. The first-order valence-electron chi connectivity index (χ1n) is 6.78. The molecule has 1 amide bonds. The number of aliphatic hydroxyl groups excluding tert-OH is 1. The third kappa shape index (κ3) is 4.43. The molecule has 0 aliphatic rings. The van der Waals surface area contributed by atoms with Crippen LogP contribution < -0.4 is 5.32 Å². The Morgan fingerprint density at radius 1 is 1.43 bits per heavy atom. The zero-order valence-electron chi connectivity index (χ0n) is 11.8. The fourth-order valence-corrected chi connectivity index (χ4v) is 3.54. The Bertz CT molecular complexity index is 635. The first kappa shape index (κ1) is 15.8. The summed E-state index contributed by atoms with van der Waals surface area (Å²) in [6.45, 7) is 1.94. The van der Waals surface area contributed by atoms with E-state index in [0.29, 0.717) is 4.88 Å². The molecule has 2 rings (SSSR count). The van der Waals surface area contributed by atoms with Gasteiger partial charge in [-0.3, -0.25) is 4.79 Å². The number of aliphatic hydroxyl groups is 1. The van der Waals surface area contributed by atoms with Crippen molar-refractivity contribution in [2.24, 2.45) is 0 Å². The van der Waals surface area contributed by atoms with E-state index in [2.05, 4.69) is 30.1 Å². The molecule has 3 nitrogen and oxygen atoms in total. The van der Waals surface area contributed by atoms with Crippen LogP contribution in [0.3, 0.4) is 0 Å². The molecule has 2 N–H and O–H groups in total. The van der Waals surface area contributed by atoms with Crippen molar-refractivity contribution < 1.29 is 9.90 Å². The zero-order chi connectivity index (χ0) is 15.1. The maximum Gasteiger partial charge on any atom is 0.261 e. The second kappa shape index (κ2) is 7.99. The third-order valence-electron chi connectivity index (χ3n) is 2.89. The molecule has 0 radical (unpaired) electrons. The van der Waals surface area contributed by atoms with Crippen molar-refractivity contribution in [1.29, 1.82) is 0 Å². The summed E-state index contributed by atoms with van der Waals surface area (Å²) in [6.07, 6.45) is 1.94. The Balaban J connectivity index is 2.06. The van der Waals surface area contributed by atoms with Crippen LogP contribution in [0.4, 0.5) is 0 Å². The van der Waals surface area contributed by atoms with Crippen molar-refractivity contribution in [1.82, 2.24) is 5.32 Å². The van der Waals surface area contributed by atoms with Crippen LogP contribution in [0.2, 0.25) is 0 Å². The van der Waals surface area contributed by atoms with Crippen LogP contribution in [0.15, 0.2) is 29.6 Å². The van der Waals surface area contributed by atoms with Crippen molar-refractivity contribution in [3.8, 4) is 11.8 Å². The Morgan fingerprint density at radius 2 is 2.29 bits per heavy atom. The number of carbonyl (C=O) groups excluding carboxylic acids is 1. The van der Waals surface area contributed by atoms with E-state index in [1.54, 1.807) is 17.4 Å². The van der Waals surface area contributed by atoms with E-state index >= 15 is 0 Å². The molecule has 0 aliphatic carbocycles. The maximum absolute atomic E-state index is 12.3. The molecule has 5 heteroatoms. The molecular weight excluding hydrogens is 302 g/mol. The number of nitrogens with one attached hydrogen (secondary N) is 1. The van der Waals surface area contributed by atoms with Crippen LogP contribution in [0.1, 0.15) is 45.2 Å². The summed E-state index contributed by atoms with van der Waals surface area (Å²) >= 11 is 3.01. The van der Waals surface area contributed by atoms with Crippen molar-refractivity contribution >= 4 is 28.6 Å². The van der Waals surface area contributed by atoms with E-state index in [1.807, 2.05) is 17.5 Å². The van der Waals surface area contributed by atoms with Gasteiger partial charge in [0.1, 0.15) is 6.61 Å². The summed E-state index contributed by atoms with van der Waals surface area (Å²) in [5.74, 6) is 5.34. The molecule has 1 atom stereocenters. The van der Waals surface area contributed by atoms with Crippen LogP contribution in [-0.2, 0) is 0 Å². The number of carbonyl (C=O) groups is 1. The molecule has 0 aromatic carbocycles. The second-order valence-electron chi connectivity index (χ2n) is 4.45. The van der Waals surface area contributed by atoms with E-state index in [-0.39, 0.29) is 18.6 Å². The van der Waals surface area contributed by atoms with Crippen LogP contribution in [0, 0.1) is 11.8 Å². The van der Waals surface area contributed by atoms with Gasteiger partial charge in [0.2, 0.25) is 0 Å². The van der Waals surface area contributed by atoms with Crippen LogP contribution in [0.5, 0.6) is 0 Å². The average Bonchev–Trinajstić information content (AvgIpc) is 3.16. The lowest BCUT2D eigenvalue weighted by molar-refractivity contribution is 0.0939. The van der Waals surface area contributed by atoms with Crippen molar-refractivity contribution in [2.75, 3.05) is 6.61 Å². The number of rotatable bonds is 5. The SMILES string of the molecule is CCCC(NC(=O)c1ccc(C#CCO)s1)c1cccs1. The fourth-order valence-electron chi connectivity index (χ4n) is 1.95. The highest BCUT2D eigenvalue weighted by Crippen LogP contribution is 2.24. The van der Waals surface area contributed by atoms with Gasteiger partial charge in [0.15, 0.2) is 0 Å². The zero-order valence-corrected chi connectivity index (χ0v) is 13.4. The first-order chi connectivity index (χ1) is 10.2. The number of hydrogen-bond acceptors (Lipinski definition) is 4. The van der Waals surface area contributed by atoms with E-state index in [1.165, 1.54) is 16.2 Å². The minimum absolute atomic E-state index is 0.0658. The highest BCUT2D eigenvalue weighted by Gasteiger charge is 2.17. The summed E-state index contributed by atoms with van der Waals surface area (Å²) in [5.41, 5.74) is 0. The highest BCUT2D eigenvalue weighted by atomic mass is 32.1. The lowest BCUT2D eigenvalue weighted by atomic mass is 10.1. The minimum atomic E-state index is -0.170. The molecule has 0 saturated heterocycles. The summed E-state index contributed by atoms with van der Waals surface area (Å²) in [7, 11) is 0. The molecular formula is C16H17NO2S2. The molecule has 2 aromatic heterocycles. The van der Waals surface area contributed by atoms with Gasteiger partial charge in [-0.25, -0.2) is 0 Å². The Kier molecular flexibility index (Phi) is 6.00. The topological polar surface area (TPSA) is 49.3 Å². The van der Waals surface area contributed by atoms with Gasteiger partial charge in [0.25, 0.3) is 5.91 Å². The highest BCUT2D eigenvalue weighted by molar-refractivity contribution is 7.14. The van der Waals surface area contributed by atoms with Crippen LogP contribution in [0.25, 0.3) is 0 Å².